The van der Waals surface area contributed by atoms with Gasteiger partial charge in [-0.1, -0.05) is 29.8 Å². The van der Waals surface area contributed by atoms with Crippen LogP contribution in [0, 0.1) is 6.92 Å². The van der Waals surface area contributed by atoms with Gasteiger partial charge in [0.2, 0.25) is 5.91 Å². The zero-order chi connectivity index (χ0) is 22.1. The normalized spacial score (nSPS) is 17.0. The number of thiophene rings is 1. The van der Waals surface area contributed by atoms with Crippen molar-refractivity contribution in [2.24, 2.45) is 0 Å². The maximum Gasteiger partial charge on any atom is 0.259 e. The number of amides is 1. The van der Waals surface area contributed by atoms with Gasteiger partial charge in [-0.05, 0) is 43.7 Å². The molecule has 0 radical (unpaired) electrons. The molecule has 1 fully saturated rings. The highest BCUT2D eigenvalue weighted by Crippen LogP contribution is 2.33. The molecule has 7 heteroatoms. The summed E-state index contributed by atoms with van der Waals surface area (Å²) in [6.07, 6.45) is 5.24. The average molecular weight is 451 g/mol. The van der Waals surface area contributed by atoms with Crippen LogP contribution in [0.25, 0.3) is 10.2 Å². The average Bonchev–Trinajstić information content (AvgIpc) is 3.17. The molecule has 0 saturated carbocycles. The number of hydrogen-bond acceptors (Lipinski definition) is 5. The van der Waals surface area contributed by atoms with E-state index in [9.17, 15) is 9.59 Å². The van der Waals surface area contributed by atoms with Gasteiger partial charge in [0.05, 0.1) is 5.39 Å². The number of aromatic amines is 1. The molecule has 168 valence electrons. The van der Waals surface area contributed by atoms with E-state index in [0.717, 1.165) is 62.2 Å². The molecule has 2 aliphatic rings. The molecular weight excluding hydrogens is 420 g/mol. The first-order valence-electron chi connectivity index (χ1n) is 11.7. The van der Waals surface area contributed by atoms with Crippen molar-refractivity contribution in [1.82, 2.24) is 19.8 Å². The Hall–Kier alpha value is -2.51. The van der Waals surface area contributed by atoms with Crippen molar-refractivity contribution in [2.45, 2.75) is 52.0 Å². The highest BCUT2D eigenvalue weighted by atomic mass is 32.1. The van der Waals surface area contributed by atoms with Crippen LogP contribution in [-0.2, 0) is 30.6 Å². The van der Waals surface area contributed by atoms with E-state index in [0.29, 0.717) is 18.7 Å². The standard InChI is InChI=1S/C25H30N4O2S/c1-17-5-4-6-18(15-17)16-28-11-13-29(14-12-28)22(30)10-9-21-26-24(31)23-19-7-2-3-8-20(19)32-25(23)27-21/h4-6,15H,2-3,7-14,16H2,1H3,(H,26,27,31). The number of aryl methyl sites for hydroxylation is 4. The number of benzene rings is 1. The van der Waals surface area contributed by atoms with Gasteiger partial charge in [-0.2, -0.15) is 0 Å². The summed E-state index contributed by atoms with van der Waals surface area (Å²) in [6, 6.07) is 8.61. The van der Waals surface area contributed by atoms with Crippen LogP contribution in [0.1, 0.15) is 46.7 Å². The third kappa shape index (κ3) is 4.50. The van der Waals surface area contributed by atoms with Gasteiger partial charge in [0.25, 0.3) is 5.56 Å². The van der Waals surface area contributed by atoms with Crippen LogP contribution in [0.2, 0.25) is 0 Å². The highest BCUT2D eigenvalue weighted by Gasteiger charge is 2.22. The van der Waals surface area contributed by atoms with E-state index in [1.807, 2.05) is 4.90 Å². The Morgan fingerprint density at radius 3 is 2.78 bits per heavy atom. The van der Waals surface area contributed by atoms with Crippen LogP contribution in [-0.4, -0.2) is 51.9 Å². The first kappa shape index (κ1) is 21.3. The summed E-state index contributed by atoms with van der Waals surface area (Å²) < 4.78 is 0. The molecule has 6 nitrogen and oxygen atoms in total. The largest absolute Gasteiger partial charge is 0.340 e. The molecule has 0 atom stereocenters. The van der Waals surface area contributed by atoms with Crippen LogP contribution in [0.15, 0.2) is 29.1 Å². The van der Waals surface area contributed by atoms with E-state index in [1.165, 1.54) is 28.0 Å². The summed E-state index contributed by atoms with van der Waals surface area (Å²) in [4.78, 5) is 39.6. The second-order valence-electron chi connectivity index (χ2n) is 9.05. The van der Waals surface area contributed by atoms with E-state index < -0.39 is 0 Å². The van der Waals surface area contributed by atoms with Gasteiger partial charge in [-0.15, -0.1) is 11.3 Å². The first-order valence-corrected chi connectivity index (χ1v) is 12.5. The van der Waals surface area contributed by atoms with Crippen LogP contribution in [0.3, 0.4) is 0 Å². The third-order valence-electron chi connectivity index (χ3n) is 6.66. The lowest BCUT2D eigenvalue weighted by molar-refractivity contribution is -0.133. The fourth-order valence-corrected chi connectivity index (χ4v) is 6.22. The zero-order valence-corrected chi connectivity index (χ0v) is 19.5. The molecule has 1 amide bonds. The Morgan fingerprint density at radius 2 is 1.97 bits per heavy atom. The van der Waals surface area contributed by atoms with Crippen molar-refractivity contribution < 1.29 is 4.79 Å². The molecule has 1 aromatic carbocycles. The van der Waals surface area contributed by atoms with Crippen LogP contribution >= 0.6 is 11.3 Å². The van der Waals surface area contributed by atoms with Gasteiger partial charge in [0, 0.05) is 50.4 Å². The summed E-state index contributed by atoms with van der Waals surface area (Å²) in [7, 11) is 0. The second kappa shape index (κ2) is 9.16. The molecule has 3 aromatic rings. The molecule has 3 heterocycles. The summed E-state index contributed by atoms with van der Waals surface area (Å²) in [5.41, 5.74) is 3.77. The van der Waals surface area contributed by atoms with E-state index >= 15 is 0 Å². The van der Waals surface area contributed by atoms with Gasteiger partial charge in [0.1, 0.15) is 10.7 Å². The Bertz CT molecular complexity index is 1190. The number of nitrogens with zero attached hydrogens (tertiary/aromatic N) is 3. The second-order valence-corrected chi connectivity index (χ2v) is 10.1. The van der Waals surface area contributed by atoms with Gasteiger partial charge in [-0.25, -0.2) is 4.98 Å². The molecule has 1 aliphatic heterocycles. The summed E-state index contributed by atoms with van der Waals surface area (Å²) in [5.74, 6) is 0.779. The summed E-state index contributed by atoms with van der Waals surface area (Å²) in [5, 5.41) is 0.782. The molecule has 5 rings (SSSR count). The number of hydrogen-bond donors (Lipinski definition) is 1. The lowest BCUT2D eigenvalue weighted by Gasteiger charge is -2.34. The Morgan fingerprint density at radius 1 is 1.16 bits per heavy atom. The van der Waals surface area contributed by atoms with Crippen LogP contribution in [0.5, 0.6) is 0 Å². The highest BCUT2D eigenvalue weighted by molar-refractivity contribution is 7.18. The van der Waals surface area contributed by atoms with Gasteiger partial charge in [-0.3, -0.25) is 14.5 Å². The van der Waals surface area contributed by atoms with Crippen LogP contribution < -0.4 is 5.56 Å². The molecule has 0 spiro atoms. The SMILES string of the molecule is Cc1cccc(CN2CCN(C(=O)CCc3nc4sc5c(c4c(=O)[nH]3)CCCC5)CC2)c1. The monoisotopic (exact) mass is 450 g/mol. The predicted octanol–water partition coefficient (Wildman–Crippen LogP) is 3.45. The van der Waals surface area contributed by atoms with Gasteiger partial charge >= 0.3 is 0 Å². The van der Waals surface area contributed by atoms with Crippen molar-refractivity contribution in [3.05, 3.63) is 62.0 Å². The van der Waals surface area contributed by atoms with E-state index in [-0.39, 0.29) is 11.5 Å². The fraction of sp³-hybridized carbons (Fsp3) is 0.480. The molecule has 0 unspecified atom stereocenters. The quantitative estimate of drug-likeness (QED) is 0.647. The Labute approximate surface area is 192 Å². The number of nitrogens with one attached hydrogen (secondary N) is 1. The minimum absolute atomic E-state index is 0.0402. The van der Waals surface area contributed by atoms with Crippen molar-refractivity contribution >= 4 is 27.5 Å². The number of aromatic nitrogens is 2. The number of carbonyl (C=O) groups is 1. The fourth-order valence-electron chi connectivity index (χ4n) is 4.93. The number of carbonyl (C=O) groups excluding carboxylic acids is 1. The lowest BCUT2D eigenvalue weighted by Crippen LogP contribution is -2.48. The van der Waals surface area contributed by atoms with E-state index in [1.54, 1.807) is 11.3 Å². The topological polar surface area (TPSA) is 69.3 Å². The predicted molar refractivity (Wildman–Crippen MR) is 128 cm³/mol. The van der Waals surface area contributed by atoms with Crippen molar-refractivity contribution in [3.63, 3.8) is 0 Å². The maximum atomic E-state index is 12.8. The van der Waals surface area contributed by atoms with Crippen LogP contribution in [0.4, 0.5) is 0 Å². The zero-order valence-electron chi connectivity index (χ0n) is 18.7. The smallest absolute Gasteiger partial charge is 0.259 e. The number of H-pyrrole nitrogens is 1. The Balaban J connectivity index is 1.17. The summed E-state index contributed by atoms with van der Waals surface area (Å²) >= 11 is 1.66. The molecule has 2 aromatic heterocycles. The third-order valence-corrected chi connectivity index (χ3v) is 7.85. The molecule has 32 heavy (non-hydrogen) atoms. The molecule has 0 bridgehead atoms. The molecular formula is C25H30N4O2S. The van der Waals surface area contributed by atoms with Crippen molar-refractivity contribution in [2.75, 3.05) is 26.2 Å². The Kier molecular flexibility index (Phi) is 6.11. The molecule has 1 saturated heterocycles. The minimum atomic E-state index is -0.0402. The van der Waals surface area contributed by atoms with Gasteiger partial charge < -0.3 is 9.88 Å². The number of rotatable bonds is 5. The lowest BCUT2D eigenvalue weighted by atomic mass is 9.97. The van der Waals surface area contributed by atoms with Crippen molar-refractivity contribution in [3.8, 4) is 0 Å². The van der Waals surface area contributed by atoms with E-state index in [4.69, 9.17) is 4.98 Å². The summed E-state index contributed by atoms with van der Waals surface area (Å²) in [6.45, 7) is 6.34. The van der Waals surface area contributed by atoms with E-state index in [2.05, 4.69) is 41.1 Å². The maximum absolute atomic E-state index is 12.8. The molecule has 1 aliphatic carbocycles. The minimum Gasteiger partial charge on any atom is -0.340 e. The first-order chi connectivity index (χ1) is 15.6. The number of piperazine rings is 1. The van der Waals surface area contributed by atoms with Crippen molar-refractivity contribution in [1.29, 1.82) is 0 Å². The van der Waals surface area contributed by atoms with Gasteiger partial charge in [0.15, 0.2) is 0 Å². The molecule has 1 N–H and O–H groups in total. The number of fused-ring (bicyclic) bond motifs is 3.